The molecule has 0 saturated carbocycles. The van der Waals surface area contributed by atoms with Gasteiger partial charge in [-0.25, -0.2) is 0 Å². The Bertz CT molecular complexity index is 461. The quantitative estimate of drug-likeness (QED) is 0.634. The maximum Gasteiger partial charge on any atom is -0.0147 e. The molecule has 1 aliphatic rings. The zero-order chi connectivity index (χ0) is 11.7. The van der Waals surface area contributed by atoms with Gasteiger partial charge in [0.2, 0.25) is 0 Å². The summed E-state index contributed by atoms with van der Waals surface area (Å²) in [6.45, 7) is 8.90. The molecule has 0 radical (unpaired) electrons. The summed E-state index contributed by atoms with van der Waals surface area (Å²) in [5.41, 5.74) is 7.13. The lowest BCUT2D eigenvalue weighted by molar-refractivity contribution is 0.727. The number of rotatable bonds is 1. The Labute approximate surface area is 98.7 Å². The molecule has 0 nitrogen and oxygen atoms in total. The monoisotopic (exact) mass is 212 g/mol. The third-order valence-corrected chi connectivity index (χ3v) is 3.40. The van der Waals surface area contributed by atoms with Gasteiger partial charge in [-0.05, 0) is 49.8 Å². The normalized spacial score (nSPS) is 20.4. The van der Waals surface area contributed by atoms with E-state index >= 15 is 0 Å². The van der Waals surface area contributed by atoms with Gasteiger partial charge in [-0.2, -0.15) is 0 Å². The van der Waals surface area contributed by atoms with Crippen molar-refractivity contribution in [1.82, 2.24) is 0 Å². The minimum Gasteiger partial charge on any atom is -0.0727 e. The fraction of sp³-hybridized carbons (Fsp3) is 0.375. The zero-order valence-corrected chi connectivity index (χ0v) is 10.7. The molecule has 0 N–H and O–H groups in total. The lowest BCUT2D eigenvalue weighted by Crippen LogP contribution is -2.04. The highest BCUT2D eigenvalue weighted by Gasteiger charge is 2.15. The van der Waals surface area contributed by atoms with Crippen LogP contribution in [0.2, 0.25) is 0 Å². The van der Waals surface area contributed by atoms with E-state index in [1.165, 1.54) is 34.3 Å². The van der Waals surface area contributed by atoms with Crippen LogP contribution in [0.5, 0.6) is 0 Å². The van der Waals surface area contributed by atoms with Crippen molar-refractivity contribution in [3.05, 3.63) is 52.6 Å². The highest BCUT2D eigenvalue weighted by Crippen LogP contribution is 2.33. The maximum absolute atomic E-state index is 2.32. The van der Waals surface area contributed by atoms with Crippen LogP contribution in [0, 0.1) is 19.8 Å². The topological polar surface area (TPSA) is 0 Å². The Morgan fingerprint density at radius 2 is 1.81 bits per heavy atom. The van der Waals surface area contributed by atoms with E-state index in [2.05, 4.69) is 58.0 Å². The lowest BCUT2D eigenvalue weighted by atomic mass is 9.83. The summed E-state index contributed by atoms with van der Waals surface area (Å²) in [6.07, 6.45) is 5.74. The third-order valence-electron chi connectivity index (χ3n) is 3.40. The minimum atomic E-state index is 0.645. The SMILES string of the molecule is CC1=CC=C(c2ccc(C)cc2C)C(C)C1. The molecule has 0 heterocycles. The zero-order valence-electron chi connectivity index (χ0n) is 10.7. The van der Waals surface area contributed by atoms with Crippen molar-refractivity contribution in [2.45, 2.75) is 34.1 Å². The molecule has 84 valence electrons. The number of hydrogen-bond donors (Lipinski definition) is 0. The highest BCUT2D eigenvalue weighted by molar-refractivity contribution is 5.72. The first-order chi connectivity index (χ1) is 7.58. The fourth-order valence-electron chi connectivity index (χ4n) is 2.55. The molecular formula is C16H20. The van der Waals surface area contributed by atoms with Crippen LogP contribution in [0.1, 0.15) is 37.0 Å². The van der Waals surface area contributed by atoms with Crippen LogP contribution in [-0.4, -0.2) is 0 Å². The van der Waals surface area contributed by atoms with E-state index in [1.807, 2.05) is 0 Å². The van der Waals surface area contributed by atoms with Gasteiger partial charge in [0.05, 0.1) is 0 Å². The van der Waals surface area contributed by atoms with E-state index in [0.717, 1.165) is 0 Å². The predicted octanol–water partition coefficient (Wildman–Crippen LogP) is 4.67. The van der Waals surface area contributed by atoms with Gasteiger partial charge < -0.3 is 0 Å². The Morgan fingerprint density at radius 3 is 2.44 bits per heavy atom. The molecule has 0 saturated heterocycles. The molecule has 1 aromatic rings. The molecule has 2 rings (SSSR count). The first-order valence-electron chi connectivity index (χ1n) is 6.03. The molecule has 1 aliphatic carbocycles. The molecule has 1 unspecified atom stereocenters. The molecular weight excluding hydrogens is 192 g/mol. The predicted molar refractivity (Wildman–Crippen MR) is 71.4 cm³/mol. The van der Waals surface area contributed by atoms with Crippen molar-refractivity contribution in [2.75, 3.05) is 0 Å². The molecule has 0 aromatic heterocycles. The van der Waals surface area contributed by atoms with Crippen molar-refractivity contribution >= 4 is 5.57 Å². The van der Waals surface area contributed by atoms with E-state index in [1.54, 1.807) is 0 Å². The molecule has 0 spiro atoms. The van der Waals surface area contributed by atoms with Crippen LogP contribution in [-0.2, 0) is 0 Å². The molecule has 1 aromatic carbocycles. The highest BCUT2D eigenvalue weighted by atomic mass is 14.2. The van der Waals surface area contributed by atoms with E-state index in [-0.39, 0.29) is 0 Å². The molecule has 16 heavy (non-hydrogen) atoms. The Morgan fingerprint density at radius 1 is 1.06 bits per heavy atom. The van der Waals surface area contributed by atoms with Gasteiger partial charge in [0.25, 0.3) is 0 Å². The Balaban J connectivity index is 2.44. The van der Waals surface area contributed by atoms with Gasteiger partial charge in [0.15, 0.2) is 0 Å². The van der Waals surface area contributed by atoms with Crippen LogP contribution in [0.4, 0.5) is 0 Å². The largest absolute Gasteiger partial charge is 0.0727 e. The average molecular weight is 212 g/mol. The van der Waals surface area contributed by atoms with Gasteiger partial charge in [0.1, 0.15) is 0 Å². The number of allylic oxidation sites excluding steroid dienone is 4. The van der Waals surface area contributed by atoms with Crippen LogP contribution in [0.15, 0.2) is 35.9 Å². The lowest BCUT2D eigenvalue weighted by Gasteiger charge is -2.22. The first kappa shape index (κ1) is 11.2. The fourth-order valence-corrected chi connectivity index (χ4v) is 2.55. The van der Waals surface area contributed by atoms with Crippen molar-refractivity contribution in [2.24, 2.45) is 5.92 Å². The van der Waals surface area contributed by atoms with Crippen molar-refractivity contribution in [3.63, 3.8) is 0 Å². The second-order valence-corrected chi connectivity index (χ2v) is 5.06. The van der Waals surface area contributed by atoms with Crippen molar-refractivity contribution in [1.29, 1.82) is 0 Å². The van der Waals surface area contributed by atoms with E-state index in [0.29, 0.717) is 5.92 Å². The van der Waals surface area contributed by atoms with Crippen LogP contribution < -0.4 is 0 Å². The summed E-state index contributed by atoms with van der Waals surface area (Å²) in [5.74, 6) is 0.645. The molecule has 0 fully saturated rings. The summed E-state index contributed by atoms with van der Waals surface area (Å²) in [7, 11) is 0. The molecule has 0 bridgehead atoms. The van der Waals surface area contributed by atoms with E-state index < -0.39 is 0 Å². The smallest absolute Gasteiger partial charge is 0.0147 e. The van der Waals surface area contributed by atoms with Gasteiger partial charge in [-0.1, -0.05) is 48.4 Å². The summed E-state index contributed by atoms with van der Waals surface area (Å²) in [5, 5.41) is 0. The summed E-state index contributed by atoms with van der Waals surface area (Å²) >= 11 is 0. The summed E-state index contributed by atoms with van der Waals surface area (Å²) in [6, 6.07) is 6.75. The summed E-state index contributed by atoms with van der Waals surface area (Å²) < 4.78 is 0. The second kappa shape index (κ2) is 4.29. The Hall–Kier alpha value is -1.30. The number of hydrogen-bond acceptors (Lipinski definition) is 0. The van der Waals surface area contributed by atoms with E-state index in [9.17, 15) is 0 Å². The minimum absolute atomic E-state index is 0.645. The van der Waals surface area contributed by atoms with E-state index in [4.69, 9.17) is 0 Å². The number of aryl methyl sites for hydroxylation is 2. The number of benzene rings is 1. The summed E-state index contributed by atoms with van der Waals surface area (Å²) in [4.78, 5) is 0. The maximum atomic E-state index is 2.32. The van der Waals surface area contributed by atoms with Gasteiger partial charge in [-0.3, -0.25) is 0 Å². The molecule has 1 atom stereocenters. The third kappa shape index (κ3) is 2.11. The van der Waals surface area contributed by atoms with Crippen LogP contribution in [0.25, 0.3) is 5.57 Å². The molecule has 0 aliphatic heterocycles. The van der Waals surface area contributed by atoms with Crippen LogP contribution >= 0.6 is 0 Å². The van der Waals surface area contributed by atoms with Crippen molar-refractivity contribution < 1.29 is 0 Å². The Kier molecular flexibility index (Phi) is 3.00. The second-order valence-electron chi connectivity index (χ2n) is 5.06. The standard InChI is InChI=1S/C16H20/c1-11-5-7-15(13(3)9-11)16-8-6-12(2)10-14(16)4/h5-9,14H,10H2,1-4H3. The first-order valence-corrected chi connectivity index (χ1v) is 6.03. The van der Waals surface area contributed by atoms with Gasteiger partial charge >= 0.3 is 0 Å². The molecule has 0 heteroatoms. The average Bonchev–Trinajstić information content (AvgIpc) is 2.19. The van der Waals surface area contributed by atoms with Crippen molar-refractivity contribution in [3.8, 4) is 0 Å². The molecule has 0 amide bonds. The van der Waals surface area contributed by atoms with Gasteiger partial charge in [-0.15, -0.1) is 0 Å². The van der Waals surface area contributed by atoms with Crippen LogP contribution in [0.3, 0.4) is 0 Å². The van der Waals surface area contributed by atoms with Gasteiger partial charge in [0, 0.05) is 0 Å².